The Bertz CT molecular complexity index is 367. The Morgan fingerprint density at radius 3 is 1.92 bits per heavy atom. The number of nitrogens with zero attached hydrogens (tertiary/aromatic N) is 1. The number of hydroxylamine groups is 2. The topological polar surface area (TPSA) is 139 Å². The van der Waals surface area contributed by atoms with E-state index in [4.69, 9.17) is 9.57 Å². The van der Waals surface area contributed by atoms with Gasteiger partial charge in [-0.15, -0.1) is 0 Å². The van der Waals surface area contributed by atoms with Gasteiger partial charge >= 0.3 is 0 Å². The van der Waals surface area contributed by atoms with Crippen molar-refractivity contribution in [2.45, 2.75) is 36.9 Å². The van der Waals surface area contributed by atoms with Crippen LogP contribution in [0.4, 0.5) is 0 Å². The molecule has 2 fully saturated rings. The molecule has 2 rings (SSSR count). The lowest BCUT2D eigenvalue weighted by Crippen LogP contribution is -2.58. The summed E-state index contributed by atoms with van der Waals surface area (Å²) in [4.78, 5) is 5.81. The fraction of sp³-hybridized carbons (Fsp3) is 1.00. The molecule has 2 aliphatic rings. The summed E-state index contributed by atoms with van der Waals surface area (Å²) in [5.41, 5.74) is 0. The zero-order chi connectivity index (χ0) is 18.8. The lowest BCUT2D eigenvalue weighted by molar-refractivity contribution is -0.239. The molecule has 2 heterocycles. The van der Waals surface area contributed by atoms with Crippen LogP contribution in [-0.2, 0) is 9.57 Å². The Balaban J connectivity index is 1.74. The van der Waals surface area contributed by atoms with E-state index < -0.39 is 37.1 Å². The first-order chi connectivity index (χ1) is 12.6. The number of hydrogen-bond acceptors (Lipinski definition) is 10. The molecule has 0 bridgehead atoms. The van der Waals surface area contributed by atoms with Crippen molar-refractivity contribution in [1.29, 1.82) is 0 Å². The highest BCUT2D eigenvalue weighted by Gasteiger charge is 2.43. The molecule has 5 atom stereocenters. The highest BCUT2D eigenvalue weighted by Crippen LogP contribution is 2.23. The van der Waals surface area contributed by atoms with Crippen LogP contribution in [0.15, 0.2) is 0 Å². The van der Waals surface area contributed by atoms with Crippen molar-refractivity contribution in [3.63, 3.8) is 0 Å². The van der Waals surface area contributed by atoms with Gasteiger partial charge in [0.25, 0.3) is 0 Å². The van der Waals surface area contributed by atoms with Gasteiger partial charge in [0.1, 0.15) is 24.4 Å². The van der Waals surface area contributed by atoms with E-state index in [9.17, 15) is 20.4 Å². The Kier molecular flexibility index (Phi) is 10.2. The third kappa shape index (κ3) is 6.97. The minimum atomic E-state index is -1.34. The van der Waals surface area contributed by atoms with Crippen molar-refractivity contribution in [3.8, 4) is 0 Å². The lowest BCUT2D eigenvalue weighted by Gasteiger charge is -2.40. The van der Waals surface area contributed by atoms with Gasteiger partial charge in [0.2, 0.25) is 0 Å². The van der Waals surface area contributed by atoms with Gasteiger partial charge in [0, 0.05) is 58.8 Å². The molecule has 0 aliphatic carbocycles. The minimum Gasteiger partial charge on any atom is -0.394 e. The maximum Gasteiger partial charge on any atom is 0.111 e. The molecule has 0 aromatic rings. The summed E-state index contributed by atoms with van der Waals surface area (Å²) in [6, 6.07) is 0. The molecule has 0 radical (unpaired) electrons. The summed E-state index contributed by atoms with van der Waals surface area (Å²) in [5, 5.41) is 50.8. The van der Waals surface area contributed by atoms with Gasteiger partial charge in [-0.1, -0.05) is 0 Å². The fourth-order valence-corrected chi connectivity index (χ4v) is 3.09. The number of rotatable bonds is 5. The average Bonchev–Trinajstić information content (AvgIpc) is 2.63. The van der Waals surface area contributed by atoms with E-state index in [1.165, 1.54) is 0 Å². The van der Waals surface area contributed by atoms with E-state index >= 15 is 0 Å². The quantitative estimate of drug-likeness (QED) is 0.255. The van der Waals surface area contributed by atoms with E-state index in [0.717, 1.165) is 52.4 Å². The second-order valence-electron chi connectivity index (χ2n) is 6.67. The van der Waals surface area contributed by atoms with Gasteiger partial charge < -0.3 is 41.1 Å². The number of nitrogens with one attached hydrogen (secondary N) is 3. The molecule has 0 aromatic carbocycles. The molecule has 0 aromatic heterocycles. The van der Waals surface area contributed by atoms with Crippen molar-refractivity contribution in [2.24, 2.45) is 0 Å². The largest absolute Gasteiger partial charge is 0.394 e. The molecule has 2 aliphatic heterocycles. The molecular formula is C16H34N4O6. The average molecular weight is 378 g/mol. The van der Waals surface area contributed by atoms with Crippen LogP contribution >= 0.6 is 0 Å². The summed E-state index contributed by atoms with van der Waals surface area (Å²) in [5.74, 6) is 0. The van der Waals surface area contributed by atoms with Gasteiger partial charge in [0.05, 0.1) is 19.3 Å². The maximum absolute atomic E-state index is 10.1. The third-order valence-electron chi connectivity index (χ3n) is 4.70. The molecule has 2 saturated heterocycles. The second kappa shape index (κ2) is 12.1. The first-order valence-electron chi connectivity index (χ1n) is 9.44. The van der Waals surface area contributed by atoms with E-state index in [1.807, 2.05) is 5.06 Å². The van der Waals surface area contributed by atoms with Crippen molar-refractivity contribution in [1.82, 2.24) is 21.0 Å². The molecular weight excluding hydrogens is 344 g/mol. The minimum absolute atomic E-state index is 0.310. The molecule has 154 valence electrons. The second-order valence-corrected chi connectivity index (χ2v) is 6.67. The first-order valence-corrected chi connectivity index (χ1v) is 9.44. The van der Waals surface area contributed by atoms with E-state index in [2.05, 4.69) is 16.0 Å². The lowest BCUT2D eigenvalue weighted by atomic mass is 9.94. The molecule has 0 amide bonds. The smallest absolute Gasteiger partial charge is 0.111 e. The van der Waals surface area contributed by atoms with Crippen LogP contribution in [0, 0.1) is 0 Å². The zero-order valence-corrected chi connectivity index (χ0v) is 15.2. The maximum atomic E-state index is 10.1. The summed E-state index contributed by atoms with van der Waals surface area (Å²) < 4.78 is 5.49. The Morgan fingerprint density at radius 1 is 0.808 bits per heavy atom. The Hall–Kier alpha value is -0.400. The van der Waals surface area contributed by atoms with Crippen LogP contribution in [-0.4, -0.2) is 122 Å². The third-order valence-corrected chi connectivity index (χ3v) is 4.70. The molecule has 7 N–H and O–H groups in total. The van der Waals surface area contributed by atoms with Crippen LogP contribution in [0.5, 0.6) is 0 Å². The van der Waals surface area contributed by atoms with Crippen LogP contribution in [0.3, 0.4) is 0 Å². The van der Waals surface area contributed by atoms with Crippen molar-refractivity contribution in [2.75, 3.05) is 65.6 Å². The zero-order valence-electron chi connectivity index (χ0n) is 15.2. The first kappa shape index (κ1) is 21.9. The Morgan fingerprint density at radius 2 is 1.35 bits per heavy atom. The van der Waals surface area contributed by atoms with E-state index in [0.29, 0.717) is 13.0 Å². The summed E-state index contributed by atoms with van der Waals surface area (Å²) >= 11 is 0. The molecule has 0 saturated carbocycles. The SMILES string of the molecule is OC[C@H]1O[C@@H](CCON2CCNCCNCCNCC2)[C@H](O)[C@@H](O)[C@H]1O. The number of aliphatic hydroxyl groups excluding tert-OH is 4. The van der Waals surface area contributed by atoms with E-state index in [-0.39, 0.29) is 0 Å². The molecule has 10 nitrogen and oxygen atoms in total. The number of ether oxygens (including phenoxy) is 1. The van der Waals surface area contributed by atoms with Gasteiger partial charge in [-0.2, -0.15) is 5.06 Å². The molecule has 0 spiro atoms. The van der Waals surface area contributed by atoms with Crippen LogP contribution < -0.4 is 16.0 Å². The molecule has 26 heavy (non-hydrogen) atoms. The van der Waals surface area contributed by atoms with Crippen molar-refractivity contribution >= 4 is 0 Å². The predicted molar refractivity (Wildman–Crippen MR) is 94.5 cm³/mol. The monoisotopic (exact) mass is 378 g/mol. The van der Waals surface area contributed by atoms with Gasteiger partial charge in [-0.05, 0) is 0 Å². The van der Waals surface area contributed by atoms with Gasteiger partial charge in [-0.25, -0.2) is 0 Å². The van der Waals surface area contributed by atoms with Crippen LogP contribution in [0.2, 0.25) is 0 Å². The molecule has 0 unspecified atom stereocenters. The fourth-order valence-electron chi connectivity index (χ4n) is 3.09. The van der Waals surface area contributed by atoms with Crippen molar-refractivity contribution in [3.05, 3.63) is 0 Å². The number of aliphatic hydroxyl groups is 4. The highest BCUT2D eigenvalue weighted by atomic mass is 16.7. The van der Waals surface area contributed by atoms with Crippen LogP contribution in [0.1, 0.15) is 6.42 Å². The Labute approximate surface area is 154 Å². The van der Waals surface area contributed by atoms with Gasteiger partial charge in [-0.3, -0.25) is 4.84 Å². The normalized spacial score (nSPS) is 36.2. The predicted octanol–water partition coefficient (Wildman–Crippen LogP) is -3.77. The van der Waals surface area contributed by atoms with E-state index in [1.54, 1.807) is 0 Å². The summed E-state index contributed by atoms with van der Waals surface area (Å²) in [6.07, 6.45) is -5.09. The standard InChI is InChI=1S/C16H34N4O6/c21-11-13-15(23)16(24)14(22)12(26-13)1-10-25-20-8-6-18-4-2-17-3-5-19-7-9-20/h12-19,21-24H,1-11H2/t12-,13+,14-,15-,16+/m0/s1. The number of hydrogen-bond donors (Lipinski definition) is 7. The highest BCUT2D eigenvalue weighted by molar-refractivity contribution is 4.91. The summed E-state index contributed by atoms with van der Waals surface area (Å²) in [6.45, 7) is 6.64. The van der Waals surface area contributed by atoms with Crippen LogP contribution in [0.25, 0.3) is 0 Å². The summed E-state index contributed by atoms with van der Waals surface area (Å²) in [7, 11) is 0. The van der Waals surface area contributed by atoms with Crippen molar-refractivity contribution < 1.29 is 30.0 Å². The van der Waals surface area contributed by atoms with Gasteiger partial charge in [0.15, 0.2) is 0 Å². The molecule has 10 heteroatoms.